The molecule has 1 N–H and O–H groups in total. The van der Waals surface area contributed by atoms with E-state index in [2.05, 4.69) is 10.3 Å². The van der Waals surface area contributed by atoms with Crippen LogP contribution in [-0.2, 0) is 11.4 Å². The Hall–Kier alpha value is -1.04. The Morgan fingerprint density at radius 1 is 1.47 bits per heavy atom. The average Bonchev–Trinajstić information content (AvgIpc) is 2.57. The quantitative estimate of drug-likeness (QED) is 0.848. The maximum Gasteiger partial charge on any atom is 0.182 e. The van der Waals surface area contributed by atoms with E-state index in [-0.39, 0.29) is 17.3 Å². The van der Waals surface area contributed by atoms with Gasteiger partial charge in [-0.25, -0.2) is 4.39 Å². The number of halogens is 2. The fourth-order valence-electron chi connectivity index (χ4n) is 1.57. The maximum absolute atomic E-state index is 13.9. The molecule has 0 bridgehead atoms. The summed E-state index contributed by atoms with van der Waals surface area (Å²) in [5.74, 6) is 0.241. The molecule has 0 saturated carbocycles. The van der Waals surface area contributed by atoms with Gasteiger partial charge in [0.25, 0.3) is 0 Å². The van der Waals surface area contributed by atoms with E-state index >= 15 is 0 Å². The third kappa shape index (κ3) is 2.62. The van der Waals surface area contributed by atoms with Gasteiger partial charge in [-0.15, -0.1) is 0 Å². The first kappa shape index (κ1) is 12.4. The normalized spacial score (nSPS) is 14.5. The fraction of sp³-hybridized carbons (Fsp3) is 0.455. The number of nitrogens with one attached hydrogen (secondary N) is 1. The van der Waals surface area contributed by atoms with Crippen LogP contribution < -0.4 is 15.0 Å². The average molecular weight is 262 g/mol. The predicted octanol–water partition coefficient (Wildman–Crippen LogP) is 2.29. The van der Waals surface area contributed by atoms with Crippen LogP contribution in [0.3, 0.4) is 0 Å². The number of rotatable bonds is 3. The highest BCUT2D eigenvalue weighted by Gasteiger charge is 2.20. The lowest BCUT2D eigenvalue weighted by molar-refractivity contribution is 0.0858. The SMILES string of the molecule is CONCc1cc2c(c(Cl)c1F)OCCCO2. The van der Waals surface area contributed by atoms with Gasteiger partial charge in [0.1, 0.15) is 10.8 Å². The molecule has 0 spiro atoms. The number of ether oxygens (including phenoxy) is 2. The molecule has 0 fully saturated rings. The highest BCUT2D eigenvalue weighted by Crippen LogP contribution is 2.40. The molecule has 0 amide bonds. The Balaban J connectivity index is 2.36. The van der Waals surface area contributed by atoms with Gasteiger partial charge in [-0.1, -0.05) is 11.6 Å². The molecule has 0 saturated heterocycles. The van der Waals surface area contributed by atoms with Crippen LogP contribution in [0.1, 0.15) is 12.0 Å². The van der Waals surface area contributed by atoms with Crippen molar-refractivity contribution >= 4 is 11.6 Å². The topological polar surface area (TPSA) is 39.7 Å². The summed E-state index contributed by atoms with van der Waals surface area (Å²) >= 11 is 5.92. The Morgan fingerprint density at radius 3 is 3.00 bits per heavy atom. The standard InChI is InChI=1S/C11H13ClFNO3/c1-15-14-6-7-5-8-11(9(12)10(7)13)17-4-2-3-16-8/h5,14H,2-4,6H2,1H3. The molecule has 2 rings (SSSR count). The minimum atomic E-state index is -0.513. The van der Waals surface area contributed by atoms with Crippen molar-refractivity contribution in [1.29, 1.82) is 0 Å². The second kappa shape index (κ2) is 5.53. The first-order valence-corrected chi connectivity index (χ1v) is 5.64. The summed E-state index contributed by atoms with van der Waals surface area (Å²) in [5, 5.41) is -0.0442. The molecular weight excluding hydrogens is 249 g/mol. The van der Waals surface area contributed by atoms with E-state index in [9.17, 15) is 4.39 Å². The Morgan fingerprint density at radius 2 is 2.24 bits per heavy atom. The second-order valence-corrected chi connectivity index (χ2v) is 3.94. The molecule has 0 aliphatic carbocycles. The predicted molar refractivity (Wildman–Crippen MR) is 60.9 cm³/mol. The highest BCUT2D eigenvalue weighted by atomic mass is 35.5. The number of benzene rings is 1. The minimum Gasteiger partial charge on any atom is -0.489 e. The largest absolute Gasteiger partial charge is 0.489 e. The molecule has 0 aromatic heterocycles. The number of fused-ring (bicyclic) bond motifs is 1. The van der Waals surface area contributed by atoms with E-state index in [4.69, 9.17) is 21.1 Å². The lowest BCUT2D eigenvalue weighted by Crippen LogP contribution is -2.12. The zero-order valence-electron chi connectivity index (χ0n) is 9.39. The summed E-state index contributed by atoms with van der Waals surface area (Å²) in [6.45, 7) is 1.21. The van der Waals surface area contributed by atoms with Gasteiger partial charge in [-0.3, -0.25) is 0 Å². The molecular formula is C11H13ClFNO3. The minimum absolute atomic E-state index is 0.0442. The van der Waals surface area contributed by atoms with Crippen LogP contribution in [0.2, 0.25) is 5.02 Å². The van der Waals surface area contributed by atoms with Gasteiger partial charge in [-0.2, -0.15) is 5.48 Å². The number of hydroxylamine groups is 1. The molecule has 94 valence electrons. The van der Waals surface area contributed by atoms with Gasteiger partial charge in [0.2, 0.25) is 0 Å². The van der Waals surface area contributed by atoms with E-state index in [1.54, 1.807) is 6.07 Å². The second-order valence-electron chi connectivity index (χ2n) is 3.57. The summed E-state index contributed by atoms with van der Waals surface area (Å²) in [7, 11) is 1.46. The van der Waals surface area contributed by atoms with Crippen molar-refractivity contribution in [3.63, 3.8) is 0 Å². The van der Waals surface area contributed by atoms with Crippen molar-refractivity contribution in [3.8, 4) is 11.5 Å². The zero-order chi connectivity index (χ0) is 12.3. The van der Waals surface area contributed by atoms with Crippen LogP contribution in [0, 0.1) is 5.82 Å². The zero-order valence-corrected chi connectivity index (χ0v) is 10.1. The lowest BCUT2D eigenvalue weighted by Gasteiger charge is -2.13. The summed E-state index contributed by atoms with van der Waals surface area (Å²) in [6.07, 6.45) is 0.748. The van der Waals surface area contributed by atoms with Gasteiger partial charge >= 0.3 is 0 Å². The highest BCUT2D eigenvalue weighted by molar-refractivity contribution is 6.32. The van der Waals surface area contributed by atoms with Crippen LogP contribution in [0.5, 0.6) is 11.5 Å². The number of hydrogen-bond acceptors (Lipinski definition) is 4. The van der Waals surface area contributed by atoms with E-state index in [0.717, 1.165) is 6.42 Å². The molecule has 6 heteroatoms. The van der Waals surface area contributed by atoms with Crippen molar-refractivity contribution in [2.75, 3.05) is 20.3 Å². The van der Waals surface area contributed by atoms with E-state index in [0.29, 0.717) is 24.5 Å². The van der Waals surface area contributed by atoms with E-state index in [1.807, 2.05) is 0 Å². The van der Waals surface area contributed by atoms with Crippen molar-refractivity contribution in [2.24, 2.45) is 0 Å². The third-order valence-electron chi connectivity index (χ3n) is 2.40. The van der Waals surface area contributed by atoms with Crippen molar-refractivity contribution in [2.45, 2.75) is 13.0 Å². The van der Waals surface area contributed by atoms with E-state index < -0.39 is 5.82 Å². The molecule has 1 heterocycles. The van der Waals surface area contributed by atoms with Crippen molar-refractivity contribution < 1.29 is 18.7 Å². The molecule has 0 atom stereocenters. The first-order valence-electron chi connectivity index (χ1n) is 5.26. The van der Waals surface area contributed by atoms with Crippen molar-refractivity contribution in [1.82, 2.24) is 5.48 Å². The van der Waals surface area contributed by atoms with Gasteiger partial charge < -0.3 is 14.3 Å². The van der Waals surface area contributed by atoms with Gasteiger partial charge in [0.15, 0.2) is 11.5 Å². The number of hydrogen-bond donors (Lipinski definition) is 1. The summed E-state index contributed by atoms with van der Waals surface area (Å²) in [6, 6.07) is 1.58. The summed E-state index contributed by atoms with van der Waals surface area (Å²) in [4.78, 5) is 4.68. The molecule has 4 nitrogen and oxygen atoms in total. The van der Waals surface area contributed by atoms with Crippen molar-refractivity contribution in [3.05, 3.63) is 22.5 Å². The van der Waals surface area contributed by atoms with E-state index in [1.165, 1.54) is 7.11 Å². The van der Waals surface area contributed by atoms with Crippen LogP contribution in [0.15, 0.2) is 6.07 Å². The Labute approximate surface area is 104 Å². The van der Waals surface area contributed by atoms with Crippen LogP contribution in [0.4, 0.5) is 4.39 Å². The Bertz CT molecular complexity index is 414. The summed E-state index contributed by atoms with van der Waals surface area (Å²) in [5.41, 5.74) is 2.94. The molecule has 1 aromatic carbocycles. The van der Waals surface area contributed by atoms with Crippen LogP contribution in [-0.4, -0.2) is 20.3 Å². The third-order valence-corrected chi connectivity index (χ3v) is 2.74. The Kier molecular flexibility index (Phi) is 4.04. The molecule has 0 unspecified atom stereocenters. The fourth-order valence-corrected chi connectivity index (χ4v) is 1.84. The maximum atomic E-state index is 13.9. The smallest absolute Gasteiger partial charge is 0.182 e. The lowest BCUT2D eigenvalue weighted by atomic mass is 10.2. The van der Waals surface area contributed by atoms with Gasteiger partial charge in [0, 0.05) is 18.5 Å². The molecule has 1 aromatic rings. The first-order chi connectivity index (χ1) is 8.24. The molecule has 1 aliphatic rings. The van der Waals surface area contributed by atoms with Crippen LogP contribution >= 0.6 is 11.6 Å². The molecule has 17 heavy (non-hydrogen) atoms. The summed E-state index contributed by atoms with van der Waals surface area (Å²) < 4.78 is 24.7. The monoisotopic (exact) mass is 261 g/mol. The molecule has 0 radical (unpaired) electrons. The van der Waals surface area contributed by atoms with Gasteiger partial charge in [0.05, 0.1) is 20.3 Å². The van der Waals surface area contributed by atoms with Gasteiger partial charge in [-0.05, 0) is 6.07 Å². The van der Waals surface area contributed by atoms with Crippen LogP contribution in [0.25, 0.3) is 0 Å². The molecule has 1 aliphatic heterocycles.